The number of amides is 1. The molecule has 10 heteroatoms. The molecule has 7 nitrogen and oxygen atoms in total. The van der Waals surface area contributed by atoms with Crippen molar-refractivity contribution in [3.05, 3.63) is 23.4 Å². The second kappa shape index (κ2) is 10.4. The van der Waals surface area contributed by atoms with Gasteiger partial charge in [0.15, 0.2) is 0 Å². The number of piperazine rings is 1. The maximum Gasteiger partial charge on any atom is 0.241 e. The van der Waals surface area contributed by atoms with Crippen LogP contribution in [0.3, 0.4) is 0 Å². The molecule has 2 aliphatic rings. The molecule has 1 unspecified atom stereocenters. The topological polar surface area (TPSA) is 74.5 Å². The average Bonchev–Trinajstić information content (AvgIpc) is 3.34. The summed E-state index contributed by atoms with van der Waals surface area (Å²) in [6.45, 7) is 4.82. The summed E-state index contributed by atoms with van der Waals surface area (Å²) in [6, 6.07) is 3.99. The lowest BCUT2D eigenvalue weighted by atomic mass is 10.0. The maximum atomic E-state index is 12.6. The van der Waals surface area contributed by atoms with Crippen molar-refractivity contribution in [1.29, 1.82) is 0 Å². The zero-order chi connectivity index (χ0) is 17.1. The quantitative estimate of drug-likeness (QED) is 0.797. The highest BCUT2D eigenvalue weighted by Gasteiger charge is 2.28. The zero-order valence-electron chi connectivity index (χ0n) is 15.0. The number of hydrogen-bond acceptors (Lipinski definition) is 7. The van der Waals surface area contributed by atoms with E-state index in [0.29, 0.717) is 18.3 Å². The Balaban J connectivity index is 0.00000131. The van der Waals surface area contributed by atoms with Gasteiger partial charge >= 0.3 is 0 Å². The molecule has 0 radical (unpaired) electrons. The highest BCUT2D eigenvalue weighted by Crippen LogP contribution is 2.21. The van der Waals surface area contributed by atoms with Crippen LogP contribution in [0.2, 0.25) is 0 Å². The van der Waals surface area contributed by atoms with Gasteiger partial charge in [0.1, 0.15) is 0 Å². The van der Waals surface area contributed by atoms with Crippen molar-refractivity contribution in [3.63, 3.8) is 0 Å². The number of hydrogen-bond donors (Lipinski definition) is 1. The van der Waals surface area contributed by atoms with E-state index in [0.717, 1.165) is 50.4 Å². The summed E-state index contributed by atoms with van der Waals surface area (Å²) >= 11 is 1.60. The normalized spacial score (nSPS) is 20.6. The van der Waals surface area contributed by atoms with Gasteiger partial charge in [-0.15, -0.1) is 36.2 Å². The third-order valence-corrected chi connectivity index (χ3v) is 5.73. The largest absolute Gasteiger partial charge is 0.339 e. The number of thiophene rings is 1. The molecule has 150 valence electrons. The minimum atomic E-state index is 0. The first-order valence-corrected chi connectivity index (χ1v) is 9.78. The minimum Gasteiger partial charge on any atom is -0.339 e. The molecule has 2 aromatic rings. The Labute approximate surface area is 175 Å². The summed E-state index contributed by atoms with van der Waals surface area (Å²) in [4.78, 5) is 22.3. The first kappa shape index (κ1) is 22.1. The van der Waals surface area contributed by atoms with Crippen molar-refractivity contribution in [3.8, 4) is 10.7 Å². The van der Waals surface area contributed by atoms with Crippen LogP contribution in [0.5, 0.6) is 0 Å². The number of nitrogens with one attached hydrogen (secondary N) is 1. The first-order valence-electron chi connectivity index (χ1n) is 8.90. The van der Waals surface area contributed by atoms with Gasteiger partial charge in [-0.3, -0.25) is 9.69 Å². The predicted octanol–water partition coefficient (Wildman–Crippen LogP) is 2.43. The van der Waals surface area contributed by atoms with E-state index in [9.17, 15) is 4.79 Å². The zero-order valence-corrected chi connectivity index (χ0v) is 17.5. The van der Waals surface area contributed by atoms with Crippen LogP contribution < -0.4 is 5.32 Å². The van der Waals surface area contributed by atoms with Crippen LogP contribution >= 0.6 is 36.2 Å². The van der Waals surface area contributed by atoms with Crippen molar-refractivity contribution in [2.45, 2.75) is 31.8 Å². The predicted molar refractivity (Wildman–Crippen MR) is 110 cm³/mol. The van der Waals surface area contributed by atoms with Crippen molar-refractivity contribution in [2.75, 3.05) is 32.7 Å². The maximum absolute atomic E-state index is 12.6. The fourth-order valence-corrected chi connectivity index (χ4v) is 4.07. The van der Waals surface area contributed by atoms with E-state index >= 15 is 0 Å². The molecule has 0 bridgehead atoms. The number of nitrogens with zero attached hydrogens (tertiary/aromatic N) is 4. The Hall–Kier alpha value is -1.19. The fraction of sp³-hybridized carbons (Fsp3) is 0.588. The average molecular weight is 434 g/mol. The van der Waals surface area contributed by atoms with Gasteiger partial charge in [-0.1, -0.05) is 17.6 Å². The van der Waals surface area contributed by atoms with E-state index < -0.39 is 0 Å². The molecule has 1 N–H and O–H groups in total. The molecule has 1 amide bonds. The lowest BCUT2D eigenvalue weighted by molar-refractivity contribution is -0.135. The van der Waals surface area contributed by atoms with Crippen LogP contribution in [-0.2, 0) is 11.3 Å². The monoisotopic (exact) mass is 433 g/mol. The van der Waals surface area contributed by atoms with Crippen LogP contribution in [0, 0.1) is 0 Å². The van der Waals surface area contributed by atoms with E-state index in [4.69, 9.17) is 4.52 Å². The number of rotatable bonds is 4. The van der Waals surface area contributed by atoms with Crippen molar-refractivity contribution in [2.24, 2.45) is 0 Å². The summed E-state index contributed by atoms with van der Waals surface area (Å²) in [5.41, 5.74) is 0. The van der Waals surface area contributed by atoms with Gasteiger partial charge in [0.05, 0.1) is 17.5 Å². The van der Waals surface area contributed by atoms with E-state index in [1.165, 1.54) is 6.42 Å². The van der Waals surface area contributed by atoms with Gasteiger partial charge < -0.3 is 14.7 Å². The summed E-state index contributed by atoms with van der Waals surface area (Å²) in [6.07, 6.45) is 3.29. The second-order valence-electron chi connectivity index (χ2n) is 6.59. The van der Waals surface area contributed by atoms with Crippen LogP contribution in [0.15, 0.2) is 22.0 Å². The number of halogens is 2. The Morgan fingerprint density at radius 2 is 2.07 bits per heavy atom. The van der Waals surface area contributed by atoms with Crippen molar-refractivity contribution < 1.29 is 9.32 Å². The summed E-state index contributed by atoms with van der Waals surface area (Å²) in [7, 11) is 0. The number of aromatic nitrogens is 2. The molecular weight excluding hydrogens is 409 g/mol. The van der Waals surface area contributed by atoms with E-state index in [1.807, 2.05) is 22.4 Å². The van der Waals surface area contributed by atoms with Crippen LogP contribution in [0.25, 0.3) is 10.7 Å². The second-order valence-corrected chi connectivity index (χ2v) is 7.54. The number of carbonyl (C=O) groups excluding carboxylic acids is 1. The Bertz CT molecular complexity index is 698. The molecule has 2 aromatic heterocycles. The SMILES string of the molecule is Cl.Cl.O=C(C1CCCCN1)N1CCN(Cc2nc(-c3cccs3)no2)CC1. The smallest absolute Gasteiger partial charge is 0.241 e. The van der Waals surface area contributed by atoms with Gasteiger partial charge in [0.25, 0.3) is 0 Å². The molecule has 2 saturated heterocycles. The summed E-state index contributed by atoms with van der Waals surface area (Å²) in [5, 5.41) is 9.40. The Kier molecular flexibility index (Phi) is 8.50. The third-order valence-electron chi connectivity index (χ3n) is 4.86. The van der Waals surface area contributed by atoms with Crippen LogP contribution in [0.4, 0.5) is 0 Å². The fourth-order valence-electron chi connectivity index (χ4n) is 3.43. The lowest BCUT2D eigenvalue weighted by Gasteiger charge is -2.36. The molecule has 0 spiro atoms. The highest BCUT2D eigenvalue weighted by atomic mass is 35.5. The molecule has 0 aliphatic carbocycles. The summed E-state index contributed by atoms with van der Waals surface area (Å²) in [5.74, 6) is 1.55. The van der Waals surface area contributed by atoms with E-state index in [1.54, 1.807) is 11.3 Å². The molecule has 2 aliphatic heterocycles. The van der Waals surface area contributed by atoms with Gasteiger partial charge in [-0.2, -0.15) is 4.98 Å². The number of carbonyl (C=O) groups is 1. The molecule has 2 fully saturated rings. The molecule has 4 rings (SSSR count). The molecular formula is C17H25Cl2N5O2S. The Morgan fingerprint density at radius 3 is 2.74 bits per heavy atom. The molecule has 27 heavy (non-hydrogen) atoms. The van der Waals surface area contributed by atoms with Gasteiger partial charge in [0.2, 0.25) is 17.6 Å². The molecule has 0 aromatic carbocycles. The van der Waals surface area contributed by atoms with Crippen molar-refractivity contribution >= 4 is 42.1 Å². The minimum absolute atomic E-state index is 0. The first-order chi connectivity index (χ1) is 12.3. The van der Waals surface area contributed by atoms with Crippen LogP contribution in [0.1, 0.15) is 25.2 Å². The van der Waals surface area contributed by atoms with E-state index in [2.05, 4.69) is 20.4 Å². The van der Waals surface area contributed by atoms with E-state index in [-0.39, 0.29) is 36.8 Å². The third kappa shape index (κ3) is 5.42. The standard InChI is InChI=1S/C17H23N5O2S.2ClH/c23-17(13-4-1-2-6-18-13)22-9-7-21(8-10-22)12-15-19-16(20-24-15)14-5-3-11-25-14;;/h3,5,11,13,18H,1-2,4,6-10,12H2;2*1H. The molecule has 1 atom stereocenters. The van der Waals surface area contributed by atoms with Gasteiger partial charge in [-0.05, 0) is 30.8 Å². The molecule has 4 heterocycles. The lowest BCUT2D eigenvalue weighted by Crippen LogP contribution is -2.54. The Morgan fingerprint density at radius 1 is 1.26 bits per heavy atom. The van der Waals surface area contributed by atoms with Gasteiger partial charge in [-0.25, -0.2) is 0 Å². The summed E-state index contributed by atoms with van der Waals surface area (Å²) < 4.78 is 5.37. The van der Waals surface area contributed by atoms with Gasteiger partial charge in [0, 0.05) is 26.2 Å². The van der Waals surface area contributed by atoms with Crippen LogP contribution in [-0.4, -0.2) is 64.6 Å². The number of piperidine rings is 1. The highest BCUT2D eigenvalue weighted by molar-refractivity contribution is 7.13. The molecule has 0 saturated carbocycles. The van der Waals surface area contributed by atoms with Crippen molar-refractivity contribution in [1.82, 2.24) is 25.3 Å².